The highest BCUT2D eigenvalue weighted by atomic mass is 16.4. The number of hydrogen-bond donors (Lipinski definition) is 5. The van der Waals surface area contributed by atoms with Crippen molar-refractivity contribution in [3.63, 3.8) is 0 Å². The molecule has 0 radical (unpaired) electrons. The van der Waals surface area contributed by atoms with Gasteiger partial charge in [0.25, 0.3) is 0 Å². The fraction of sp³-hybridized carbons (Fsp3) is 0.312. The van der Waals surface area contributed by atoms with Crippen LogP contribution in [-0.4, -0.2) is 50.1 Å². The molecule has 1 aromatic carbocycles. The second kappa shape index (κ2) is 7.82. The summed E-state index contributed by atoms with van der Waals surface area (Å²) in [5, 5.41) is 18.9. The average molecular weight is 332 g/mol. The minimum atomic E-state index is -1.42. The number of imidazole rings is 1. The Labute approximate surface area is 138 Å². The standard InChI is InChI=1S/C16H20N4O4/c17-11(6-9-4-2-1-3-5-9)13(21)14(22)15-19-8-10(20-15)7-12(18)16(23)24/h1-5,8,11-13,21H,6-7,17-18H2,(H,19,20)(H,23,24). The lowest BCUT2D eigenvalue weighted by Gasteiger charge is -2.16. The Morgan fingerprint density at radius 2 is 1.83 bits per heavy atom. The molecule has 2 rings (SSSR count). The number of nitrogens with one attached hydrogen (secondary N) is 1. The summed E-state index contributed by atoms with van der Waals surface area (Å²) in [6, 6.07) is 7.39. The zero-order valence-electron chi connectivity index (χ0n) is 12.9. The van der Waals surface area contributed by atoms with Crippen molar-refractivity contribution in [3.05, 3.63) is 53.6 Å². The third kappa shape index (κ3) is 4.48. The van der Waals surface area contributed by atoms with Crippen LogP contribution in [0.4, 0.5) is 0 Å². The number of aliphatic hydroxyl groups excluding tert-OH is 1. The first kappa shape index (κ1) is 17.8. The average Bonchev–Trinajstić information content (AvgIpc) is 3.02. The fourth-order valence-electron chi connectivity index (χ4n) is 2.24. The summed E-state index contributed by atoms with van der Waals surface area (Å²) in [5.41, 5.74) is 12.6. The quantitative estimate of drug-likeness (QED) is 0.407. The summed E-state index contributed by atoms with van der Waals surface area (Å²) in [7, 11) is 0. The number of nitrogens with two attached hydrogens (primary N) is 2. The molecule has 0 fully saturated rings. The van der Waals surface area contributed by atoms with E-state index in [4.69, 9.17) is 16.6 Å². The zero-order valence-corrected chi connectivity index (χ0v) is 12.9. The molecule has 0 amide bonds. The molecule has 1 aromatic heterocycles. The van der Waals surface area contributed by atoms with E-state index in [9.17, 15) is 14.7 Å². The third-order valence-corrected chi connectivity index (χ3v) is 3.61. The second-order valence-corrected chi connectivity index (χ2v) is 5.57. The van der Waals surface area contributed by atoms with E-state index < -0.39 is 29.9 Å². The van der Waals surface area contributed by atoms with Crippen LogP contribution in [0.3, 0.4) is 0 Å². The molecule has 0 spiro atoms. The number of carbonyl (C=O) groups is 2. The second-order valence-electron chi connectivity index (χ2n) is 5.57. The molecule has 0 aliphatic rings. The van der Waals surface area contributed by atoms with Crippen LogP contribution in [0.25, 0.3) is 0 Å². The van der Waals surface area contributed by atoms with E-state index in [1.54, 1.807) is 0 Å². The lowest BCUT2D eigenvalue weighted by molar-refractivity contribution is -0.138. The molecule has 128 valence electrons. The summed E-state index contributed by atoms with van der Waals surface area (Å²) in [4.78, 5) is 29.5. The molecule has 0 aliphatic carbocycles. The number of aliphatic hydroxyl groups is 1. The van der Waals surface area contributed by atoms with Gasteiger partial charge in [-0.25, -0.2) is 4.98 Å². The highest BCUT2D eigenvalue weighted by Gasteiger charge is 2.27. The maximum Gasteiger partial charge on any atom is 0.320 e. The van der Waals surface area contributed by atoms with E-state index in [0.29, 0.717) is 12.1 Å². The van der Waals surface area contributed by atoms with E-state index in [-0.39, 0.29) is 12.2 Å². The number of ketones is 1. The van der Waals surface area contributed by atoms with Crippen molar-refractivity contribution in [1.82, 2.24) is 9.97 Å². The van der Waals surface area contributed by atoms with E-state index >= 15 is 0 Å². The Morgan fingerprint density at radius 3 is 2.46 bits per heavy atom. The number of hydrogen-bond acceptors (Lipinski definition) is 6. The maximum atomic E-state index is 12.2. The number of nitrogens with zero attached hydrogens (tertiary/aromatic N) is 1. The molecule has 8 nitrogen and oxygen atoms in total. The van der Waals surface area contributed by atoms with Gasteiger partial charge in [0.2, 0.25) is 5.78 Å². The van der Waals surface area contributed by atoms with Crippen LogP contribution in [0, 0.1) is 0 Å². The van der Waals surface area contributed by atoms with Crippen LogP contribution >= 0.6 is 0 Å². The van der Waals surface area contributed by atoms with E-state index in [2.05, 4.69) is 9.97 Å². The number of benzene rings is 1. The summed E-state index contributed by atoms with van der Waals surface area (Å²) >= 11 is 0. The predicted molar refractivity (Wildman–Crippen MR) is 86.4 cm³/mol. The number of carboxylic acid groups (broad SMARTS) is 1. The summed E-state index contributed by atoms with van der Waals surface area (Å²) in [5.74, 6) is -1.87. The van der Waals surface area contributed by atoms with E-state index in [0.717, 1.165) is 5.56 Å². The lowest BCUT2D eigenvalue weighted by Crippen LogP contribution is -2.42. The van der Waals surface area contributed by atoms with Crippen molar-refractivity contribution < 1.29 is 19.8 Å². The summed E-state index contributed by atoms with van der Waals surface area (Å²) < 4.78 is 0. The monoisotopic (exact) mass is 332 g/mol. The Hall–Kier alpha value is -2.55. The number of Topliss-reactive ketones (excluding diaryl/α,β-unsaturated/α-hetero) is 1. The van der Waals surface area contributed by atoms with E-state index in [1.165, 1.54) is 6.20 Å². The van der Waals surface area contributed by atoms with Gasteiger partial charge in [-0.3, -0.25) is 9.59 Å². The van der Waals surface area contributed by atoms with Gasteiger partial charge in [-0.2, -0.15) is 0 Å². The molecule has 0 bridgehead atoms. The van der Waals surface area contributed by atoms with Gasteiger partial charge in [0.1, 0.15) is 12.1 Å². The smallest absolute Gasteiger partial charge is 0.320 e. The number of aromatic amines is 1. The molecular formula is C16H20N4O4. The van der Waals surface area contributed by atoms with Gasteiger partial charge in [0.05, 0.1) is 0 Å². The molecule has 0 saturated carbocycles. The molecule has 3 atom stereocenters. The number of carboxylic acids is 1. The molecule has 0 saturated heterocycles. The van der Waals surface area contributed by atoms with Gasteiger partial charge in [-0.05, 0) is 12.0 Å². The van der Waals surface area contributed by atoms with Gasteiger partial charge in [-0.15, -0.1) is 0 Å². The highest BCUT2D eigenvalue weighted by molar-refractivity contribution is 5.96. The first-order valence-electron chi connectivity index (χ1n) is 7.42. The van der Waals surface area contributed by atoms with Crippen LogP contribution in [0.2, 0.25) is 0 Å². The van der Waals surface area contributed by atoms with Gasteiger partial charge >= 0.3 is 5.97 Å². The molecule has 8 heteroatoms. The normalized spacial score (nSPS) is 14.8. The first-order chi connectivity index (χ1) is 11.4. The minimum absolute atomic E-state index is 0.00176. The summed E-state index contributed by atoms with van der Waals surface area (Å²) in [6.07, 6.45) is 0.246. The highest BCUT2D eigenvalue weighted by Crippen LogP contribution is 2.09. The van der Waals surface area contributed by atoms with Crippen LogP contribution in [-0.2, 0) is 17.6 Å². The molecular weight excluding hydrogens is 312 g/mol. The van der Waals surface area contributed by atoms with E-state index in [1.807, 2.05) is 30.3 Å². The SMILES string of the molecule is NC(Cc1cnc(C(=O)C(O)C(N)Cc2ccccc2)[nH]1)C(=O)O. The van der Waals surface area contributed by atoms with Gasteiger partial charge in [-0.1, -0.05) is 30.3 Å². The Morgan fingerprint density at radius 1 is 1.17 bits per heavy atom. The van der Waals surface area contributed by atoms with Crippen molar-refractivity contribution in [1.29, 1.82) is 0 Å². The summed E-state index contributed by atoms with van der Waals surface area (Å²) in [6.45, 7) is 0. The maximum absolute atomic E-state index is 12.2. The zero-order chi connectivity index (χ0) is 17.7. The third-order valence-electron chi connectivity index (χ3n) is 3.61. The van der Waals surface area contributed by atoms with Crippen LogP contribution in [0.15, 0.2) is 36.5 Å². The Balaban J connectivity index is 2.00. The molecule has 7 N–H and O–H groups in total. The Kier molecular flexibility index (Phi) is 5.80. The largest absolute Gasteiger partial charge is 0.480 e. The number of aliphatic carboxylic acids is 1. The predicted octanol–water partition coefficient (Wildman–Crippen LogP) is -0.522. The molecule has 24 heavy (non-hydrogen) atoms. The van der Waals surface area contributed by atoms with Crippen LogP contribution in [0.5, 0.6) is 0 Å². The minimum Gasteiger partial charge on any atom is -0.480 e. The van der Waals surface area contributed by atoms with Gasteiger partial charge in [0.15, 0.2) is 5.82 Å². The topological polar surface area (TPSA) is 155 Å². The number of aromatic nitrogens is 2. The van der Waals surface area contributed by atoms with Crippen molar-refractivity contribution in [2.75, 3.05) is 0 Å². The fourth-order valence-corrected chi connectivity index (χ4v) is 2.24. The van der Waals surface area contributed by atoms with Crippen molar-refractivity contribution >= 4 is 11.8 Å². The Bertz CT molecular complexity index is 701. The van der Waals surface area contributed by atoms with Crippen LogP contribution in [0.1, 0.15) is 21.9 Å². The molecule has 2 aromatic rings. The molecule has 1 heterocycles. The number of carbonyl (C=O) groups excluding carboxylic acids is 1. The van der Waals surface area contributed by atoms with Crippen molar-refractivity contribution in [2.24, 2.45) is 11.5 Å². The molecule has 3 unspecified atom stereocenters. The lowest BCUT2D eigenvalue weighted by atomic mass is 9.99. The number of H-pyrrole nitrogens is 1. The van der Waals surface area contributed by atoms with Crippen molar-refractivity contribution in [3.8, 4) is 0 Å². The van der Waals surface area contributed by atoms with Gasteiger partial charge in [0, 0.05) is 24.4 Å². The van der Waals surface area contributed by atoms with Crippen LogP contribution < -0.4 is 11.5 Å². The first-order valence-corrected chi connectivity index (χ1v) is 7.42. The van der Waals surface area contributed by atoms with Crippen molar-refractivity contribution in [2.45, 2.75) is 31.0 Å². The van der Waals surface area contributed by atoms with Gasteiger partial charge < -0.3 is 26.7 Å². The number of rotatable bonds is 8. The molecule has 0 aliphatic heterocycles.